The van der Waals surface area contributed by atoms with Gasteiger partial charge in [0.15, 0.2) is 6.10 Å². The van der Waals surface area contributed by atoms with Crippen molar-refractivity contribution in [2.24, 2.45) is 0 Å². The Kier molecular flexibility index (Phi) is 39.6. The monoisotopic (exact) mass is 861 g/mol. The summed E-state index contributed by atoms with van der Waals surface area (Å²) in [5.41, 5.74) is 0. The van der Waals surface area contributed by atoms with E-state index in [1.807, 2.05) is 33.3 Å². The van der Waals surface area contributed by atoms with Gasteiger partial charge in [0, 0.05) is 12.8 Å². The van der Waals surface area contributed by atoms with Gasteiger partial charge in [-0.2, -0.15) is 0 Å². The average molecular weight is 861 g/mol. The number of hydrogen-bond donors (Lipinski definition) is 1. The summed E-state index contributed by atoms with van der Waals surface area (Å²) in [6, 6.07) is 0. The number of esters is 2. The van der Waals surface area contributed by atoms with Crippen LogP contribution in [0.4, 0.5) is 0 Å². The molecule has 0 aliphatic carbocycles. The lowest BCUT2D eigenvalue weighted by molar-refractivity contribution is -0.870. The Bertz CT molecular complexity index is 1290. The maximum absolute atomic E-state index is 12.7. The van der Waals surface area contributed by atoms with E-state index in [4.69, 9.17) is 18.5 Å². The van der Waals surface area contributed by atoms with Crippen molar-refractivity contribution in [2.45, 2.75) is 174 Å². The van der Waals surface area contributed by atoms with Crippen LogP contribution < -0.4 is 0 Å². The largest absolute Gasteiger partial charge is 0.472 e. The molecular formula is C50H87NO8P+. The molecule has 0 rings (SSSR count). The molecule has 0 bridgehead atoms. The highest BCUT2D eigenvalue weighted by molar-refractivity contribution is 7.47. The predicted octanol–water partition coefficient (Wildman–Crippen LogP) is 13.6. The summed E-state index contributed by atoms with van der Waals surface area (Å²) in [6.07, 6.45) is 53.6. The second kappa shape index (κ2) is 41.5. The van der Waals surface area contributed by atoms with Crippen molar-refractivity contribution in [2.75, 3.05) is 47.5 Å². The number of likely N-dealkylation sites (N-methyl/N-ethyl adjacent to an activating group) is 1. The third-order valence-corrected chi connectivity index (χ3v) is 10.4. The van der Waals surface area contributed by atoms with Crippen molar-refractivity contribution in [3.63, 3.8) is 0 Å². The Morgan fingerprint density at radius 3 is 1.40 bits per heavy atom. The second-order valence-corrected chi connectivity index (χ2v) is 17.9. The van der Waals surface area contributed by atoms with E-state index < -0.39 is 32.5 Å². The van der Waals surface area contributed by atoms with Gasteiger partial charge < -0.3 is 18.9 Å². The van der Waals surface area contributed by atoms with E-state index in [0.29, 0.717) is 23.9 Å². The summed E-state index contributed by atoms with van der Waals surface area (Å²) in [5, 5.41) is 0. The zero-order valence-electron chi connectivity index (χ0n) is 38.7. The number of allylic oxidation sites excluding steroid dienone is 14. The Balaban J connectivity index is 4.48. The molecule has 0 saturated heterocycles. The van der Waals surface area contributed by atoms with Crippen molar-refractivity contribution in [3.8, 4) is 0 Å². The van der Waals surface area contributed by atoms with Crippen LogP contribution in [-0.2, 0) is 32.7 Å². The molecule has 0 heterocycles. The van der Waals surface area contributed by atoms with Gasteiger partial charge in [0.05, 0.1) is 27.7 Å². The van der Waals surface area contributed by atoms with E-state index in [1.165, 1.54) is 70.6 Å². The third-order valence-electron chi connectivity index (χ3n) is 9.41. The van der Waals surface area contributed by atoms with Crippen molar-refractivity contribution >= 4 is 19.8 Å². The Hall–Kier alpha value is -2.81. The van der Waals surface area contributed by atoms with Crippen LogP contribution in [0, 0.1) is 0 Å². The minimum absolute atomic E-state index is 0.0147. The smallest absolute Gasteiger partial charge is 0.462 e. The normalized spacial score (nSPS) is 14.3. The summed E-state index contributed by atoms with van der Waals surface area (Å²) in [7, 11) is 1.42. The minimum atomic E-state index is -4.40. The molecule has 0 saturated carbocycles. The van der Waals surface area contributed by atoms with Gasteiger partial charge in [-0.1, -0.05) is 157 Å². The molecular weight excluding hydrogens is 774 g/mol. The SMILES string of the molecule is CCCCC/C=C/C/C=C/C/C=C/C/C=C/C/C=C/CCC(=O)OC[C@H](COP(=O)(O)OCC[N+](C)(C)C)OC(=O)CCCCCCCCC/C=C/C/C=C/CCCCC. The summed E-state index contributed by atoms with van der Waals surface area (Å²) in [4.78, 5) is 35.4. The van der Waals surface area contributed by atoms with Crippen LogP contribution in [-0.4, -0.2) is 74.9 Å². The number of rotatable bonds is 41. The second-order valence-electron chi connectivity index (χ2n) is 16.4. The van der Waals surface area contributed by atoms with E-state index in [2.05, 4.69) is 86.8 Å². The molecule has 0 aliphatic heterocycles. The zero-order valence-corrected chi connectivity index (χ0v) is 39.6. The molecule has 60 heavy (non-hydrogen) atoms. The van der Waals surface area contributed by atoms with E-state index in [1.54, 1.807) is 0 Å². The van der Waals surface area contributed by atoms with E-state index in [0.717, 1.165) is 57.8 Å². The number of phosphoric acid groups is 1. The first-order valence-corrected chi connectivity index (χ1v) is 24.8. The van der Waals surface area contributed by atoms with Crippen LogP contribution in [0.2, 0.25) is 0 Å². The quantitative estimate of drug-likeness (QED) is 0.0213. The standard InChI is InChI=1S/C50H86NO8P/c1-6-8-10-12-14-16-18-20-22-24-25-27-28-30-32-34-36-38-40-42-49(52)56-46-48(47-58-60(54,55)57-45-44-51(3,4)5)59-50(53)43-41-39-37-35-33-31-29-26-23-21-19-17-15-13-11-9-7-2/h14-17,20-23,25,27,30,32,36,38,48H,6-13,18-19,24,26,28-29,31,33-35,37,39-47H2,1-5H3/p+1/b16-14+,17-15+,22-20+,23-21+,27-25+,32-30+,38-36+/t48-/m1/s1. The molecule has 0 aromatic carbocycles. The molecule has 2 atom stereocenters. The van der Waals surface area contributed by atoms with Crippen LogP contribution in [0.1, 0.15) is 168 Å². The first-order chi connectivity index (χ1) is 29.0. The van der Waals surface area contributed by atoms with Gasteiger partial charge in [-0.15, -0.1) is 0 Å². The van der Waals surface area contributed by atoms with E-state index in [-0.39, 0.29) is 26.1 Å². The van der Waals surface area contributed by atoms with Crippen molar-refractivity contribution in [1.82, 2.24) is 0 Å². The minimum Gasteiger partial charge on any atom is -0.462 e. The van der Waals surface area contributed by atoms with Gasteiger partial charge in [-0.05, 0) is 83.5 Å². The van der Waals surface area contributed by atoms with Gasteiger partial charge in [0.1, 0.15) is 19.8 Å². The molecule has 0 aromatic heterocycles. The summed E-state index contributed by atoms with van der Waals surface area (Å²) < 4.78 is 34.3. The molecule has 0 amide bonds. The molecule has 1 N–H and O–H groups in total. The summed E-state index contributed by atoms with van der Waals surface area (Å²) in [5.74, 6) is -0.910. The van der Waals surface area contributed by atoms with Gasteiger partial charge in [0.25, 0.3) is 0 Å². The van der Waals surface area contributed by atoms with Crippen molar-refractivity contribution < 1.29 is 42.1 Å². The molecule has 10 heteroatoms. The number of ether oxygens (including phenoxy) is 2. The molecule has 0 spiro atoms. The molecule has 9 nitrogen and oxygen atoms in total. The van der Waals surface area contributed by atoms with Crippen molar-refractivity contribution in [3.05, 3.63) is 85.1 Å². The maximum atomic E-state index is 12.7. The van der Waals surface area contributed by atoms with Gasteiger partial charge in [-0.25, -0.2) is 4.57 Å². The van der Waals surface area contributed by atoms with Crippen LogP contribution in [0.15, 0.2) is 85.1 Å². The van der Waals surface area contributed by atoms with Gasteiger partial charge in [-0.3, -0.25) is 18.6 Å². The number of unbranched alkanes of at least 4 members (excludes halogenated alkanes) is 13. The molecule has 344 valence electrons. The number of nitrogens with zero attached hydrogens (tertiary/aromatic N) is 1. The van der Waals surface area contributed by atoms with E-state index >= 15 is 0 Å². The van der Waals surface area contributed by atoms with Crippen LogP contribution in [0.5, 0.6) is 0 Å². The van der Waals surface area contributed by atoms with Gasteiger partial charge >= 0.3 is 19.8 Å². The van der Waals surface area contributed by atoms with Crippen LogP contribution in [0.3, 0.4) is 0 Å². The average Bonchev–Trinajstić information content (AvgIpc) is 3.20. The highest BCUT2D eigenvalue weighted by Crippen LogP contribution is 2.43. The summed E-state index contributed by atoms with van der Waals surface area (Å²) >= 11 is 0. The fraction of sp³-hybridized carbons (Fsp3) is 0.680. The molecule has 0 aromatic rings. The lowest BCUT2D eigenvalue weighted by atomic mass is 10.1. The Morgan fingerprint density at radius 2 is 0.933 bits per heavy atom. The van der Waals surface area contributed by atoms with Gasteiger partial charge in [0.2, 0.25) is 0 Å². The lowest BCUT2D eigenvalue weighted by Gasteiger charge is -2.24. The number of carbonyl (C=O) groups is 2. The molecule has 0 radical (unpaired) electrons. The fourth-order valence-corrected chi connectivity index (χ4v) is 6.47. The predicted molar refractivity (Wildman–Crippen MR) is 252 cm³/mol. The number of quaternary nitrogens is 1. The molecule has 1 unspecified atom stereocenters. The lowest BCUT2D eigenvalue weighted by Crippen LogP contribution is -2.37. The third kappa shape index (κ3) is 44.7. The first-order valence-electron chi connectivity index (χ1n) is 23.3. The zero-order chi connectivity index (χ0) is 44.3. The fourth-order valence-electron chi connectivity index (χ4n) is 5.73. The van der Waals surface area contributed by atoms with Crippen molar-refractivity contribution in [1.29, 1.82) is 0 Å². The topological polar surface area (TPSA) is 108 Å². The van der Waals surface area contributed by atoms with Crippen LogP contribution >= 0.6 is 7.82 Å². The Labute approximate surface area is 367 Å². The highest BCUT2D eigenvalue weighted by atomic mass is 31.2. The molecule has 0 aliphatic rings. The number of carbonyl (C=O) groups excluding carboxylic acids is 2. The Morgan fingerprint density at radius 1 is 0.517 bits per heavy atom. The first kappa shape index (κ1) is 57.2. The summed E-state index contributed by atoms with van der Waals surface area (Å²) in [6.45, 7) is 4.26. The maximum Gasteiger partial charge on any atom is 0.472 e. The molecule has 0 fully saturated rings. The highest BCUT2D eigenvalue weighted by Gasteiger charge is 2.27. The number of hydrogen-bond acceptors (Lipinski definition) is 7. The number of phosphoric ester groups is 1. The van der Waals surface area contributed by atoms with E-state index in [9.17, 15) is 19.0 Å². The van der Waals surface area contributed by atoms with Crippen LogP contribution in [0.25, 0.3) is 0 Å².